The van der Waals surface area contributed by atoms with Gasteiger partial charge in [0.25, 0.3) is 0 Å². The van der Waals surface area contributed by atoms with Gasteiger partial charge in [-0.15, -0.1) is 0 Å². The topological polar surface area (TPSA) is 33.6 Å². The molecule has 2 aromatic rings. The Balaban J connectivity index is 1.66. The van der Waals surface area contributed by atoms with Crippen molar-refractivity contribution in [2.24, 2.45) is 11.0 Å². The van der Waals surface area contributed by atoms with E-state index in [2.05, 4.69) is 47.8 Å². The Morgan fingerprint density at radius 1 is 1.14 bits per heavy atom. The van der Waals surface area contributed by atoms with Crippen molar-refractivity contribution in [1.82, 2.24) is 5.43 Å². The lowest BCUT2D eigenvalue weighted by Crippen LogP contribution is -2.26. The summed E-state index contributed by atoms with van der Waals surface area (Å²) in [5.41, 5.74) is 9.93. The summed E-state index contributed by atoms with van der Waals surface area (Å²) in [6.45, 7) is 2.15. The molecule has 0 saturated carbocycles. The lowest BCUT2D eigenvalue weighted by molar-refractivity contribution is 0.413. The third kappa shape index (κ3) is 2.08. The summed E-state index contributed by atoms with van der Waals surface area (Å²) in [7, 11) is 1.70. The Hall–Kier alpha value is -2.29. The lowest BCUT2D eigenvalue weighted by Gasteiger charge is -2.26. The molecule has 0 aromatic heterocycles. The van der Waals surface area contributed by atoms with Crippen molar-refractivity contribution in [2.45, 2.75) is 25.8 Å². The van der Waals surface area contributed by atoms with Gasteiger partial charge in [-0.2, -0.15) is 5.10 Å². The number of benzene rings is 2. The predicted octanol–water partition coefficient (Wildman–Crippen LogP) is 3.61. The van der Waals surface area contributed by atoms with Crippen LogP contribution < -0.4 is 10.2 Å². The Bertz CT molecular complexity index is 734. The molecule has 1 heterocycles. The van der Waals surface area contributed by atoms with E-state index in [-0.39, 0.29) is 6.04 Å². The third-order valence-electron chi connectivity index (χ3n) is 4.82. The first-order chi connectivity index (χ1) is 10.8. The van der Waals surface area contributed by atoms with Crippen LogP contribution in [0.4, 0.5) is 0 Å². The highest BCUT2D eigenvalue weighted by atomic mass is 16.5. The molecular weight excluding hydrogens is 272 g/mol. The number of hydrogen-bond donors (Lipinski definition) is 1. The van der Waals surface area contributed by atoms with Gasteiger partial charge in [0.1, 0.15) is 5.75 Å². The molecule has 2 aromatic carbocycles. The van der Waals surface area contributed by atoms with Gasteiger partial charge in [-0.3, -0.25) is 0 Å². The maximum absolute atomic E-state index is 5.25. The highest BCUT2D eigenvalue weighted by Crippen LogP contribution is 2.38. The number of methoxy groups -OCH3 is 1. The minimum Gasteiger partial charge on any atom is -0.497 e. The second-order valence-corrected chi connectivity index (χ2v) is 6.18. The van der Waals surface area contributed by atoms with Crippen molar-refractivity contribution in [1.29, 1.82) is 0 Å². The molecule has 0 spiro atoms. The van der Waals surface area contributed by atoms with Crippen LogP contribution in [0.25, 0.3) is 0 Å². The molecule has 112 valence electrons. The summed E-state index contributed by atoms with van der Waals surface area (Å²) in [5.74, 6) is 1.36. The average Bonchev–Trinajstić information content (AvgIpc) is 2.99. The van der Waals surface area contributed by atoms with Gasteiger partial charge in [-0.05, 0) is 49.1 Å². The monoisotopic (exact) mass is 292 g/mol. The van der Waals surface area contributed by atoms with Gasteiger partial charge >= 0.3 is 0 Å². The minimum atomic E-state index is 0.273. The summed E-state index contributed by atoms with van der Waals surface area (Å²) in [4.78, 5) is 0. The van der Waals surface area contributed by atoms with Crippen LogP contribution in [0.3, 0.4) is 0 Å². The molecule has 4 rings (SSSR count). The van der Waals surface area contributed by atoms with E-state index in [1.807, 2.05) is 12.1 Å². The number of nitrogens with zero attached hydrogens (tertiary/aromatic N) is 1. The molecule has 2 aliphatic rings. The number of hydrazone groups is 1. The normalized spacial score (nSPS) is 22.4. The van der Waals surface area contributed by atoms with Crippen LogP contribution >= 0.6 is 0 Å². The van der Waals surface area contributed by atoms with Gasteiger partial charge in [-0.1, -0.05) is 29.8 Å². The minimum absolute atomic E-state index is 0.273. The van der Waals surface area contributed by atoms with Crippen LogP contribution in [-0.2, 0) is 6.42 Å². The number of nitrogens with one attached hydrogen (secondary N) is 1. The Kier molecular flexibility index (Phi) is 3.14. The molecule has 1 N–H and O–H groups in total. The largest absolute Gasteiger partial charge is 0.497 e. The van der Waals surface area contributed by atoms with Crippen molar-refractivity contribution in [3.05, 3.63) is 64.7 Å². The smallest absolute Gasteiger partial charge is 0.118 e. The van der Waals surface area contributed by atoms with Crippen LogP contribution in [-0.4, -0.2) is 12.8 Å². The molecule has 3 heteroatoms. The van der Waals surface area contributed by atoms with Gasteiger partial charge in [0, 0.05) is 11.5 Å². The zero-order chi connectivity index (χ0) is 15.1. The van der Waals surface area contributed by atoms with Crippen LogP contribution in [0.2, 0.25) is 0 Å². The second-order valence-electron chi connectivity index (χ2n) is 6.18. The van der Waals surface area contributed by atoms with E-state index in [9.17, 15) is 0 Å². The van der Waals surface area contributed by atoms with E-state index in [1.54, 1.807) is 7.11 Å². The Morgan fingerprint density at radius 3 is 2.73 bits per heavy atom. The fourth-order valence-corrected chi connectivity index (χ4v) is 3.61. The van der Waals surface area contributed by atoms with Gasteiger partial charge in [0.2, 0.25) is 0 Å². The summed E-state index contributed by atoms with van der Waals surface area (Å²) < 4.78 is 5.25. The van der Waals surface area contributed by atoms with E-state index < -0.39 is 0 Å². The van der Waals surface area contributed by atoms with E-state index in [4.69, 9.17) is 4.74 Å². The van der Waals surface area contributed by atoms with E-state index >= 15 is 0 Å². The van der Waals surface area contributed by atoms with E-state index in [1.165, 1.54) is 28.0 Å². The molecule has 22 heavy (non-hydrogen) atoms. The highest BCUT2D eigenvalue weighted by Gasteiger charge is 2.36. The molecule has 0 saturated heterocycles. The average molecular weight is 292 g/mol. The summed E-state index contributed by atoms with van der Waals surface area (Å²) in [5, 5.41) is 4.68. The molecule has 3 nitrogen and oxygen atoms in total. The third-order valence-corrected chi connectivity index (χ3v) is 4.82. The van der Waals surface area contributed by atoms with Crippen LogP contribution in [0, 0.1) is 12.8 Å². The first kappa shape index (κ1) is 13.4. The predicted molar refractivity (Wildman–Crippen MR) is 88.4 cm³/mol. The van der Waals surface area contributed by atoms with Crippen molar-refractivity contribution < 1.29 is 4.74 Å². The molecule has 2 atom stereocenters. The number of hydrogen-bond acceptors (Lipinski definition) is 3. The SMILES string of the molecule is COc1ccc([C@@H]2NN=C3c4cc(C)ccc4CC[C@@H]32)cc1. The quantitative estimate of drug-likeness (QED) is 0.917. The standard InChI is InChI=1S/C19H20N2O/c1-12-3-4-13-7-10-16-18(20-21-19(16)17(13)11-12)14-5-8-15(22-2)9-6-14/h3-6,8-9,11,16,18,20H,7,10H2,1-2H3/t16-,18+/m1/s1. The number of aryl methyl sites for hydroxylation is 2. The number of fused-ring (bicyclic) bond motifs is 3. The van der Waals surface area contributed by atoms with Crippen LogP contribution in [0.15, 0.2) is 47.6 Å². The molecule has 0 amide bonds. The summed E-state index contributed by atoms with van der Waals surface area (Å²) in [6.07, 6.45) is 2.28. The van der Waals surface area contributed by atoms with Crippen molar-refractivity contribution in [3.63, 3.8) is 0 Å². The molecule has 0 unspecified atom stereocenters. The van der Waals surface area contributed by atoms with Crippen molar-refractivity contribution in [2.75, 3.05) is 7.11 Å². The zero-order valence-corrected chi connectivity index (χ0v) is 13.0. The fourth-order valence-electron chi connectivity index (χ4n) is 3.61. The molecular formula is C19H20N2O. The maximum atomic E-state index is 5.25. The highest BCUT2D eigenvalue weighted by molar-refractivity contribution is 6.05. The molecule has 0 radical (unpaired) electrons. The Morgan fingerprint density at radius 2 is 1.95 bits per heavy atom. The summed E-state index contributed by atoms with van der Waals surface area (Å²) >= 11 is 0. The van der Waals surface area contributed by atoms with Crippen LogP contribution in [0.5, 0.6) is 5.75 Å². The van der Waals surface area contributed by atoms with Gasteiger partial charge in [0.15, 0.2) is 0 Å². The fraction of sp³-hybridized carbons (Fsp3) is 0.316. The van der Waals surface area contributed by atoms with Crippen LogP contribution in [0.1, 0.15) is 34.7 Å². The van der Waals surface area contributed by atoms with Crippen molar-refractivity contribution in [3.8, 4) is 5.75 Å². The van der Waals surface area contributed by atoms with Gasteiger partial charge in [-0.25, -0.2) is 0 Å². The van der Waals surface area contributed by atoms with Gasteiger partial charge in [0.05, 0.1) is 18.9 Å². The number of rotatable bonds is 2. The number of ether oxygens (including phenoxy) is 1. The first-order valence-corrected chi connectivity index (χ1v) is 7.83. The Labute approximate surface area is 131 Å². The van der Waals surface area contributed by atoms with Gasteiger partial charge < -0.3 is 10.2 Å². The summed E-state index contributed by atoms with van der Waals surface area (Å²) in [6, 6.07) is 15.3. The molecule has 1 aliphatic heterocycles. The van der Waals surface area contributed by atoms with Crippen molar-refractivity contribution >= 4 is 5.71 Å². The maximum Gasteiger partial charge on any atom is 0.118 e. The second kappa shape index (κ2) is 5.16. The van der Waals surface area contributed by atoms with E-state index in [0.717, 1.165) is 18.6 Å². The first-order valence-electron chi connectivity index (χ1n) is 7.83. The molecule has 1 aliphatic carbocycles. The molecule has 0 bridgehead atoms. The van der Waals surface area contributed by atoms with E-state index in [0.29, 0.717) is 5.92 Å². The zero-order valence-electron chi connectivity index (χ0n) is 13.0. The molecule has 0 fully saturated rings. The lowest BCUT2D eigenvalue weighted by atomic mass is 9.77.